The predicted octanol–water partition coefficient (Wildman–Crippen LogP) is 2.56. The van der Waals surface area contributed by atoms with Crippen molar-refractivity contribution in [1.29, 1.82) is 0 Å². The van der Waals surface area contributed by atoms with E-state index < -0.39 is 10.0 Å². The molecule has 1 aliphatic heterocycles. The van der Waals surface area contributed by atoms with Crippen LogP contribution in [0.5, 0.6) is 0 Å². The van der Waals surface area contributed by atoms with Gasteiger partial charge in [0.1, 0.15) is 4.21 Å². The van der Waals surface area contributed by atoms with Gasteiger partial charge in [-0.2, -0.15) is 4.31 Å². The number of aromatic nitrogens is 1. The molecule has 2 aromatic heterocycles. The lowest BCUT2D eigenvalue weighted by molar-refractivity contribution is -0.120. The summed E-state index contributed by atoms with van der Waals surface area (Å²) in [6, 6.07) is 7.00. The first-order valence-electron chi connectivity index (χ1n) is 8.79. The number of carbonyl (C=O) groups excluding carboxylic acids is 1. The molecule has 3 heterocycles. The summed E-state index contributed by atoms with van der Waals surface area (Å²) in [5, 5.41) is 2.92. The Bertz CT molecular complexity index is 924. The van der Waals surface area contributed by atoms with E-state index in [-0.39, 0.29) is 18.4 Å². The number of hydrogen-bond acceptors (Lipinski definition) is 6. The van der Waals surface area contributed by atoms with Crippen LogP contribution in [0.3, 0.4) is 0 Å². The highest BCUT2D eigenvalue weighted by Crippen LogP contribution is 2.29. The fourth-order valence-electron chi connectivity index (χ4n) is 3.14. The second kappa shape index (κ2) is 7.95. The fraction of sp³-hybridized carbons (Fsp3) is 0.444. The standard InChI is InChI=1S/C18H24N4O3S2/c1-13-8-9-16(26-13)27(24,25)22-11-5-6-14(12-22)18(23)20-15-7-4-10-19-17(15)21(2)3/h4,7-10,14H,5-6,11-12H2,1-3H3,(H,20,23). The number of sulfonamides is 1. The van der Waals surface area contributed by atoms with Crippen molar-refractivity contribution in [1.82, 2.24) is 9.29 Å². The van der Waals surface area contributed by atoms with Gasteiger partial charge in [0, 0.05) is 38.3 Å². The Morgan fingerprint density at radius 3 is 2.78 bits per heavy atom. The molecule has 146 valence electrons. The minimum atomic E-state index is -3.55. The molecule has 0 aromatic carbocycles. The summed E-state index contributed by atoms with van der Waals surface area (Å²) in [5.41, 5.74) is 0.626. The van der Waals surface area contributed by atoms with E-state index >= 15 is 0 Å². The van der Waals surface area contributed by atoms with E-state index in [1.54, 1.807) is 30.5 Å². The molecule has 7 nitrogen and oxygen atoms in total. The zero-order chi connectivity index (χ0) is 19.6. The monoisotopic (exact) mass is 408 g/mol. The molecule has 0 saturated carbocycles. The Morgan fingerprint density at radius 1 is 1.33 bits per heavy atom. The van der Waals surface area contributed by atoms with Gasteiger partial charge in [-0.15, -0.1) is 11.3 Å². The Balaban J connectivity index is 1.74. The first-order chi connectivity index (χ1) is 12.8. The third-order valence-corrected chi connectivity index (χ3v) is 7.87. The summed E-state index contributed by atoms with van der Waals surface area (Å²) in [6.07, 6.45) is 3.00. The van der Waals surface area contributed by atoms with Crippen molar-refractivity contribution >= 4 is 38.8 Å². The predicted molar refractivity (Wildman–Crippen MR) is 108 cm³/mol. The molecule has 0 spiro atoms. The van der Waals surface area contributed by atoms with E-state index in [1.165, 1.54) is 15.6 Å². The van der Waals surface area contributed by atoms with Crippen LogP contribution in [-0.2, 0) is 14.8 Å². The van der Waals surface area contributed by atoms with Crippen LogP contribution in [0.15, 0.2) is 34.7 Å². The summed E-state index contributed by atoms with van der Waals surface area (Å²) in [7, 11) is 0.163. The smallest absolute Gasteiger partial charge is 0.252 e. The van der Waals surface area contributed by atoms with Gasteiger partial charge in [-0.1, -0.05) is 0 Å². The number of carbonyl (C=O) groups is 1. The lowest BCUT2D eigenvalue weighted by Crippen LogP contribution is -2.43. The van der Waals surface area contributed by atoms with Crippen molar-refractivity contribution < 1.29 is 13.2 Å². The Kier molecular flexibility index (Phi) is 5.83. The summed E-state index contributed by atoms with van der Waals surface area (Å²) >= 11 is 1.26. The van der Waals surface area contributed by atoms with Crippen LogP contribution >= 0.6 is 11.3 Å². The van der Waals surface area contributed by atoms with Gasteiger partial charge in [-0.3, -0.25) is 4.79 Å². The first-order valence-corrected chi connectivity index (χ1v) is 11.0. The minimum absolute atomic E-state index is 0.173. The van der Waals surface area contributed by atoms with Crippen molar-refractivity contribution in [3.8, 4) is 0 Å². The number of amides is 1. The number of thiophene rings is 1. The summed E-state index contributed by atoms with van der Waals surface area (Å²) in [6.45, 7) is 2.52. The molecule has 27 heavy (non-hydrogen) atoms. The highest BCUT2D eigenvalue weighted by Gasteiger charge is 2.34. The van der Waals surface area contributed by atoms with Crippen molar-refractivity contribution in [2.24, 2.45) is 5.92 Å². The zero-order valence-electron chi connectivity index (χ0n) is 15.7. The maximum atomic E-state index is 12.9. The van der Waals surface area contributed by atoms with E-state index in [4.69, 9.17) is 0 Å². The van der Waals surface area contributed by atoms with E-state index in [1.807, 2.05) is 25.9 Å². The van der Waals surface area contributed by atoms with E-state index in [0.717, 1.165) is 4.88 Å². The van der Waals surface area contributed by atoms with E-state index in [0.29, 0.717) is 35.1 Å². The summed E-state index contributed by atoms with van der Waals surface area (Å²) in [5.74, 6) is 0.110. The topological polar surface area (TPSA) is 82.6 Å². The quantitative estimate of drug-likeness (QED) is 0.822. The molecular weight excluding hydrogens is 384 g/mol. The third-order valence-electron chi connectivity index (χ3n) is 4.53. The number of pyridine rings is 1. The number of anilines is 2. The number of rotatable bonds is 5. The lowest BCUT2D eigenvalue weighted by Gasteiger charge is -2.31. The van der Waals surface area contributed by atoms with Crippen LogP contribution in [0.4, 0.5) is 11.5 Å². The number of piperidine rings is 1. The summed E-state index contributed by atoms with van der Waals surface area (Å²) in [4.78, 5) is 19.8. The van der Waals surface area contributed by atoms with Gasteiger partial charge < -0.3 is 10.2 Å². The van der Waals surface area contributed by atoms with Gasteiger partial charge >= 0.3 is 0 Å². The second-order valence-electron chi connectivity index (χ2n) is 6.83. The molecule has 1 aliphatic rings. The molecule has 1 fully saturated rings. The Hall–Kier alpha value is -1.97. The lowest BCUT2D eigenvalue weighted by atomic mass is 9.99. The van der Waals surface area contributed by atoms with Crippen LogP contribution < -0.4 is 10.2 Å². The highest BCUT2D eigenvalue weighted by molar-refractivity contribution is 7.91. The molecule has 1 N–H and O–H groups in total. The van der Waals surface area contributed by atoms with Crippen molar-refractivity contribution in [3.63, 3.8) is 0 Å². The molecule has 1 unspecified atom stereocenters. The van der Waals surface area contributed by atoms with Gasteiger partial charge in [0.15, 0.2) is 5.82 Å². The minimum Gasteiger partial charge on any atom is -0.361 e. The Labute approximate surface area is 164 Å². The molecule has 1 amide bonds. The van der Waals surface area contributed by atoms with Gasteiger partial charge in [-0.05, 0) is 44.0 Å². The van der Waals surface area contributed by atoms with Crippen LogP contribution in [0.25, 0.3) is 0 Å². The van der Waals surface area contributed by atoms with Crippen LogP contribution in [0, 0.1) is 12.8 Å². The maximum absolute atomic E-state index is 12.9. The molecule has 9 heteroatoms. The number of aryl methyl sites for hydroxylation is 1. The number of hydrogen-bond donors (Lipinski definition) is 1. The maximum Gasteiger partial charge on any atom is 0.252 e. The van der Waals surface area contributed by atoms with Crippen molar-refractivity contribution in [2.45, 2.75) is 24.0 Å². The van der Waals surface area contributed by atoms with Crippen molar-refractivity contribution in [3.05, 3.63) is 35.3 Å². The number of nitrogens with zero attached hydrogens (tertiary/aromatic N) is 3. The zero-order valence-corrected chi connectivity index (χ0v) is 17.3. The van der Waals surface area contributed by atoms with E-state index in [2.05, 4.69) is 10.3 Å². The first kappa shape index (κ1) is 19.8. The molecule has 1 atom stereocenters. The molecule has 2 aromatic rings. The SMILES string of the molecule is Cc1ccc(S(=O)(=O)N2CCCC(C(=O)Nc3cccnc3N(C)C)C2)s1. The number of nitrogens with one attached hydrogen (secondary N) is 1. The van der Waals surface area contributed by atoms with Gasteiger partial charge in [0.25, 0.3) is 10.0 Å². The average Bonchev–Trinajstić information content (AvgIpc) is 3.09. The molecule has 0 bridgehead atoms. The average molecular weight is 409 g/mol. The molecular formula is C18H24N4O3S2. The molecule has 3 rings (SSSR count). The summed E-state index contributed by atoms with van der Waals surface area (Å²) < 4.78 is 27.5. The molecule has 0 radical (unpaired) electrons. The van der Waals surface area contributed by atoms with Gasteiger partial charge in [0.05, 0.1) is 11.6 Å². The highest BCUT2D eigenvalue weighted by atomic mass is 32.2. The third kappa shape index (κ3) is 4.31. The van der Waals surface area contributed by atoms with E-state index in [9.17, 15) is 13.2 Å². The normalized spacial score (nSPS) is 18.3. The van der Waals surface area contributed by atoms with Crippen molar-refractivity contribution in [2.75, 3.05) is 37.4 Å². The van der Waals surface area contributed by atoms with Gasteiger partial charge in [0.2, 0.25) is 5.91 Å². The van der Waals surface area contributed by atoms with Crippen LogP contribution in [0.1, 0.15) is 17.7 Å². The van der Waals surface area contributed by atoms with Gasteiger partial charge in [-0.25, -0.2) is 13.4 Å². The Morgan fingerprint density at radius 2 is 2.11 bits per heavy atom. The largest absolute Gasteiger partial charge is 0.361 e. The molecule has 0 aliphatic carbocycles. The fourth-order valence-corrected chi connectivity index (χ4v) is 6.10. The second-order valence-corrected chi connectivity index (χ2v) is 10.3. The van der Waals surface area contributed by atoms with Crippen LogP contribution in [0.2, 0.25) is 0 Å². The van der Waals surface area contributed by atoms with Crippen LogP contribution in [-0.4, -0.2) is 50.8 Å². The molecule has 1 saturated heterocycles.